The molecule has 6 nitrogen and oxygen atoms in total. The first-order valence-corrected chi connectivity index (χ1v) is 8.05. The number of imide groups is 1. The predicted molar refractivity (Wildman–Crippen MR) is 89.9 cm³/mol. The Labute approximate surface area is 138 Å². The van der Waals surface area contributed by atoms with Gasteiger partial charge in [-0.1, -0.05) is 40.2 Å². The number of nitrogens with zero attached hydrogens (tertiary/aromatic N) is 1. The topological polar surface area (TPSA) is 88.2 Å². The summed E-state index contributed by atoms with van der Waals surface area (Å²) in [6.45, 7) is 10.1. The van der Waals surface area contributed by atoms with Crippen molar-refractivity contribution in [1.82, 2.24) is 15.6 Å². The molecule has 0 aliphatic carbocycles. The third-order valence-corrected chi connectivity index (χ3v) is 2.69. The summed E-state index contributed by atoms with van der Waals surface area (Å²) in [6, 6.07) is 2.70. The number of pyridine rings is 1. The third-order valence-electron chi connectivity index (χ3n) is 2.69. The minimum Gasteiger partial charge on any atom is -0.339 e. The van der Waals surface area contributed by atoms with Gasteiger partial charge in [0, 0.05) is 12.6 Å². The molecule has 2 rings (SSSR count). The Bertz CT molecular complexity index is 512. The molecule has 1 fully saturated rings. The number of piperidine rings is 1. The number of amides is 3. The minimum atomic E-state index is -0.668. The number of hydrogen-bond acceptors (Lipinski definition) is 4. The highest BCUT2D eigenvalue weighted by atomic mass is 16.2. The van der Waals surface area contributed by atoms with Gasteiger partial charge in [0.25, 0.3) is 5.91 Å². The molecule has 0 radical (unpaired) electrons. The number of aryl methyl sites for hydroxylation is 1. The quantitative estimate of drug-likeness (QED) is 0.819. The summed E-state index contributed by atoms with van der Waals surface area (Å²) in [5.41, 5.74) is 1.21. The van der Waals surface area contributed by atoms with E-state index >= 15 is 0 Å². The van der Waals surface area contributed by atoms with Gasteiger partial charge in [-0.05, 0) is 25.0 Å². The maximum atomic E-state index is 11.8. The standard InChI is InChI=1S/C12H13N3O3.C3H8.C2H6/c1-7-2-3-8(13-6-7)11(17)14-9-4-5-10(16)15-12(9)18;1-3-2;1-2/h2-3,6,9H,4-5H2,1H3,(H,14,17)(H,15,16,18);3H2,1-2H3;1-2H3. The van der Waals surface area contributed by atoms with E-state index in [1.807, 2.05) is 20.8 Å². The molecule has 0 spiro atoms. The van der Waals surface area contributed by atoms with Crippen molar-refractivity contribution < 1.29 is 14.4 Å². The minimum absolute atomic E-state index is 0.234. The van der Waals surface area contributed by atoms with Crippen LogP contribution in [-0.4, -0.2) is 28.7 Å². The smallest absolute Gasteiger partial charge is 0.270 e. The molecule has 1 aromatic heterocycles. The number of aromatic nitrogens is 1. The van der Waals surface area contributed by atoms with Gasteiger partial charge in [0.1, 0.15) is 11.7 Å². The average molecular weight is 321 g/mol. The van der Waals surface area contributed by atoms with E-state index in [2.05, 4.69) is 29.5 Å². The molecule has 23 heavy (non-hydrogen) atoms. The molecule has 6 heteroatoms. The molecular weight excluding hydrogens is 294 g/mol. The zero-order chi connectivity index (χ0) is 17.8. The summed E-state index contributed by atoms with van der Waals surface area (Å²) in [6.07, 6.45) is 3.39. The van der Waals surface area contributed by atoms with Crippen LogP contribution in [0.4, 0.5) is 0 Å². The van der Waals surface area contributed by atoms with Crippen molar-refractivity contribution in [2.24, 2.45) is 0 Å². The van der Waals surface area contributed by atoms with Crippen LogP contribution < -0.4 is 10.6 Å². The first kappa shape index (κ1) is 20.8. The lowest BCUT2D eigenvalue weighted by atomic mass is 10.1. The van der Waals surface area contributed by atoms with Crippen molar-refractivity contribution in [2.75, 3.05) is 0 Å². The van der Waals surface area contributed by atoms with Crippen LogP contribution in [0.15, 0.2) is 18.3 Å². The number of carbonyl (C=O) groups excluding carboxylic acids is 3. The SMILES string of the molecule is CC.CCC.Cc1ccc(C(=O)NC2CCC(=O)NC2=O)nc1. The fourth-order valence-corrected chi connectivity index (χ4v) is 1.67. The predicted octanol–water partition coefficient (Wildman–Crippen LogP) is 2.37. The van der Waals surface area contributed by atoms with E-state index in [9.17, 15) is 14.4 Å². The largest absolute Gasteiger partial charge is 0.339 e. The molecule has 3 amide bonds. The summed E-state index contributed by atoms with van der Waals surface area (Å²) in [4.78, 5) is 38.2. The van der Waals surface area contributed by atoms with Gasteiger partial charge in [0.2, 0.25) is 11.8 Å². The Morgan fingerprint density at radius 2 is 1.91 bits per heavy atom. The van der Waals surface area contributed by atoms with Crippen molar-refractivity contribution in [3.8, 4) is 0 Å². The van der Waals surface area contributed by atoms with Crippen LogP contribution in [0.5, 0.6) is 0 Å². The van der Waals surface area contributed by atoms with Gasteiger partial charge in [0.15, 0.2) is 0 Å². The second-order valence-corrected chi connectivity index (χ2v) is 4.91. The Balaban J connectivity index is 0.000000868. The highest BCUT2D eigenvalue weighted by Crippen LogP contribution is 2.06. The molecule has 1 aliphatic heterocycles. The second kappa shape index (κ2) is 11.3. The van der Waals surface area contributed by atoms with E-state index in [0.717, 1.165) is 5.56 Å². The number of carbonyl (C=O) groups is 3. The zero-order valence-corrected chi connectivity index (χ0v) is 14.6. The molecule has 1 aliphatic rings. The Kier molecular flexibility index (Phi) is 10.2. The monoisotopic (exact) mass is 321 g/mol. The van der Waals surface area contributed by atoms with Crippen molar-refractivity contribution in [3.05, 3.63) is 29.6 Å². The second-order valence-electron chi connectivity index (χ2n) is 4.91. The normalized spacial score (nSPS) is 16.1. The summed E-state index contributed by atoms with van der Waals surface area (Å²) < 4.78 is 0. The molecule has 1 saturated heterocycles. The van der Waals surface area contributed by atoms with Gasteiger partial charge in [-0.25, -0.2) is 0 Å². The number of rotatable bonds is 2. The van der Waals surface area contributed by atoms with Gasteiger partial charge in [0.05, 0.1) is 0 Å². The molecular formula is C17H27N3O3. The zero-order valence-electron chi connectivity index (χ0n) is 14.6. The van der Waals surface area contributed by atoms with Crippen molar-refractivity contribution >= 4 is 17.7 Å². The highest BCUT2D eigenvalue weighted by molar-refractivity contribution is 6.03. The van der Waals surface area contributed by atoms with Gasteiger partial charge >= 0.3 is 0 Å². The van der Waals surface area contributed by atoms with Crippen LogP contribution in [-0.2, 0) is 9.59 Å². The average Bonchev–Trinajstić information content (AvgIpc) is 2.53. The van der Waals surface area contributed by atoms with Crippen LogP contribution in [0, 0.1) is 6.92 Å². The lowest BCUT2D eigenvalue weighted by molar-refractivity contribution is -0.134. The molecule has 1 atom stereocenters. The van der Waals surface area contributed by atoms with E-state index in [-0.39, 0.29) is 18.0 Å². The van der Waals surface area contributed by atoms with Crippen LogP contribution in [0.3, 0.4) is 0 Å². The fraction of sp³-hybridized carbons (Fsp3) is 0.529. The van der Waals surface area contributed by atoms with E-state index in [0.29, 0.717) is 6.42 Å². The van der Waals surface area contributed by atoms with Crippen LogP contribution >= 0.6 is 0 Å². The van der Waals surface area contributed by atoms with Gasteiger partial charge < -0.3 is 5.32 Å². The third kappa shape index (κ3) is 7.54. The molecule has 0 bridgehead atoms. The Hall–Kier alpha value is -2.24. The molecule has 2 N–H and O–H groups in total. The van der Waals surface area contributed by atoms with E-state index < -0.39 is 17.9 Å². The van der Waals surface area contributed by atoms with Crippen LogP contribution in [0.1, 0.15) is 63.0 Å². The number of nitrogens with one attached hydrogen (secondary N) is 2. The summed E-state index contributed by atoms with van der Waals surface area (Å²) in [7, 11) is 0. The lowest BCUT2D eigenvalue weighted by Crippen LogP contribution is -2.52. The first-order chi connectivity index (χ1) is 11.0. The van der Waals surface area contributed by atoms with Gasteiger partial charge in [-0.2, -0.15) is 0 Å². The van der Waals surface area contributed by atoms with E-state index in [1.54, 1.807) is 18.3 Å². The summed E-state index contributed by atoms with van der Waals surface area (Å²) in [5, 5.41) is 4.74. The van der Waals surface area contributed by atoms with Gasteiger partial charge in [-0.3, -0.25) is 24.7 Å². The fourth-order valence-electron chi connectivity index (χ4n) is 1.67. The molecule has 2 heterocycles. The van der Waals surface area contributed by atoms with Crippen molar-refractivity contribution in [1.29, 1.82) is 0 Å². The van der Waals surface area contributed by atoms with Crippen molar-refractivity contribution in [2.45, 2.75) is 59.9 Å². The van der Waals surface area contributed by atoms with Gasteiger partial charge in [-0.15, -0.1) is 0 Å². The molecule has 0 saturated carbocycles. The lowest BCUT2D eigenvalue weighted by Gasteiger charge is -2.21. The van der Waals surface area contributed by atoms with Crippen LogP contribution in [0.2, 0.25) is 0 Å². The highest BCUT2D eigenvalue weighted by Gasteiger charge is 2.28. The Morgan fingerprint density at radius 3 is 2.39 bits per heavy atom. The molecule has 1 aromatic rings. The van der Waals surface area contributed by atoms with Crippen molar-refractivity contribution in [3.63, 3.8) is 0 Å². The molecule has 128 valence electrons. The molecule has 0 aromatic carbocycles. The van der Waals surface area contributed by atoms with E-state index in [1.165, 1.54) is 6.42 Å². The maximum absolute atomic E-state index is 11.8. The first-order valence-electron chi connectivity index (χ1n) is 8.05. The summed E-state index contributed by atoms with van der Waals surface area (Å²) >= 11 is 0. The Morgan fingerprint density at radius 1 is 1.30 bits per heavy atom. The number of hydrogen-bond donors (Lipinski definition) is 2. The molecule has 1 unspecified atom stereocenters. The van der Waals surface area contributed by atoms with Crippen LogP contribution in [0.25, 0.3) is 0 Å². The maximum Gasteiger partial charge on any atom is 0.270 e. The van der Waals surface area contributed by atoms with E-state index in [4.69, 9.17) is 0 Å². The summed E-state index contributed by atoms with van der Waals surface area (Å²) in [5.74, 6) is -1.19.